The number of nitro benzene ring substituents is 2. The van der Waals surface area contributed by atoms with Gasteiger partial charge in [0.2, 0.25) is 0 Å². The normalized spacial score (nSPS) is 20.6. The molecule has 6 rings (SSSR count). The topological polar surface area (TPSA) is 135 Å². The molecule has 2 spiro atoms. The summed E-state index contributed by atoms with van der Waals surface area (Å²) in [6.07, 6.45) is 3.95. The molecule has 4 aliphatic heterocycles. The number of benzene rings is 2. The van der Waals surface area contributed by atoms with Gasteiger partial charge in [-0.15, -0.1) is 0 Å². The zero-order chi connectivity index (χ0) is 27.8. The highest BCUT2D eigenvalue weighted by Gasteiger charge is 2.45. The smallest absolute Gasteiger partial charge is 0.274 e. The Morgan fingerprint density at radius 3 is 1.90 bits per heavy atom. The molecule has 11 heteroatoms. The average molecular weight is 536 g/mol. The monoisotopic (exact) mass is 535 g/mol. The number of hydrogen-bond donors (Lipinski definition) is 0. The third kappa shape index (κ3) is 5.02. The van der Waals surface area contributed by atoms with Crippen LogP contribution in [-0.4, -0.2) is 73.1 Å². The first kappa shape index (κ1) is 26.8. The summed E-state index contributed by atoms with van der Waals surface area (Å²) in [6, 6.07) is 10.3. The summed E-state index contributed by atoms with van der Waals surface area (Å²) in [6.45, 7) is 5.23. The van der Waals surface area contributed by atoms with Crippen LogP contribution in [-0.2, 0) is 17.3 Å². The van der Waals surface area contributed by atoms with Gasteiger partial charge in [0.1, 0.15) is 11.5 Å². The van der Waals surface area contributed by atoms with Crippen molar-refractivity contribution in [3.8, 4) is 17.6 Å². The molecular formula is C28H33N5O6. The van der Waals surface area contributed by atoms with Crippen molar-refractivity contribution in [3.63, 3.8) is 0 Å². The van der Waals surface area contributed by atoms with Crippen LogP contribution in [0, 0.1) is 31.6 Å². The maximum atomic E-state index is 11.3. The van der Waals surface area contributed by atoms with Crippen LogP contribution >= 0.6 is 0 Å². The van der Waals surface area contributed by atoms with Gasteiger partial charge >= 0.3 is 0 Å². The van der Waals surface area contributed by atoms with Gasteiger partial charge in [-0.1, -0.05) is 0 Å². The molecule has 0 bridgehead atoms. The molecule has 0 aliphatic carbocycles. The van der Waals surface area contributed by atoms with E-state index in [4.69, 9.17) is 14.7 Å². The molecule has 0 N–H and O–H groups in total. The van der Waals surface area contributed by atoms with E-state index in [2.05, 4.69) is 23.9 Å². The van der Waals surface area contributed by atoms with Crippen molar-refractivity contribution in [2.75, 3.05) is 53.5 Å². The SMILES string of the molecule is CN1CCC2(CC1)COc1cc(CC#N)c([N+](=O)[O-])cc12.CN1CCC2(CC1)COc1ccc([N+](=O)[O-])cc12. The van der Waals surface area contributed by atoms with Crippen LogP contribution in [0.4, 0.5) is 11.4 Å². The van der Waals surface area contributed by atoms with E-state index in [-0.39, 0.29) is 33.5 Å². The lowest BCUT2D eigenvalue weighted by atomic mass is 9.74. The van der Waals surface area contributed by atoms with E-state index >= 15 is 0 Å². The van der Waals surface area contributed by atoms with Gasteiger partial charge in [-0.25, -0.2) is 0 Å². The van der Waals surface area contributed by atoms with Crippen LogP contribution in [0.1, 0.15) is 42.4 Å². The van der Waals surface area contributed by atoms with Crippen LogP contribution in [0.15, 0.2) is 30.3 Å². The predicted molar refractivity (Wildman–Crippen MR) is 143 cm³/mol. The van der Waals surface area contributed by atoms with Crippen molar-refractivity contribution < 1.29 is 19.3 Å². The molecule has 0 unspecified atom stereocenters. The number of rotatable bonds is 3. The third-order valence-electron chi connectivity index (χ3n) is 8.86. The molecular weight excluding hydrogens is 502 g/mol. The second-order valence-corrected chi connectivity index (χ2v) is 11.3. The summed E-state index contributed by atoms with van der Waals surface area (Å²) in [7, 11) is 4.19. The van der Waals surface area contributed by atoms with E-state index in [1.54, 1.807) is 24.3 Å². The molecule has 4 aliphatic rings. The minimum Gasteiger partial charge on any atom is -0.492 e. The van der Waals surface area contributed by atoms with Crippen LogP contribution in [0.2, 0.25) is 0 Å². The molecule has 4 heterocycles. The van der Waals surface area contributed by atoms with E-state index in [0.29, 0.717) is 18.8 Å². The molecule has 0 amide bonds. The molecule has 206 valence electrons. The Balaban J connectivity index is 0.000000160. The summed E-state index contributed by atoms with van der Waals surface area (Å²) in [5, 5.41) is 31.0. The van der Waals surface area contributed by atoms with Crippen molar-refractivity contribution in [2.45, 2.75) is 42.9 Å². The zero-order valence-electron chi connectivity index (χ0n) is 22.4. The van der Waals surface area contributed by atoms with Crippen molar-refractivity contribution in [3.05, 3.63) is 67.3 Å². The summed E-state index contributed by atoms with van der Waals surface area (Å²) in [5.41, 5.74) is 2.52. The Morgan fingerprint density at radius 1 is 0.846 bits per heavy atom. The Morgan fingerprint density at radius 2 is 1.38 bits per heavy atom. The van der Waals surface area contributed by atoms with Gasteiger partial charge in [0.15, 0.2) is 0 Å². The quantitative estimate of drug-likeness (QED) is 0.422. The number of nitriles is 1. The molecule has 0 atom stereocenters. The van der Waals surface area contributed by atoms with Gasteiger partial charge in [-0.3, -0.25) is 20.2 Å². The number of hydrogen-bond acceptors (Lipinski definition) is 9. The number of piperidine rings is 2. The molecule has 2 aromatic carbocycles. The maximum absolute atomic E-state index is 11.3. The first-order valence-electron chi connectivity index (χ1n) is 13.3. The van der Waals surface area contributed by atoms with E-state index < -0.39 is 4.92 Å². The van der Waals surface area contributed by atoms with Crippen LogP contribution < -0.4 is 9.47 Å². The van der Waals surface area contributed by atoms with Gasteiger partial charge in [0.25, 0.3) is 11.4 Å². The van der Waals surface area contributed by atoms with Crippen molar-refractivity contribution in [1.29, 1.82) is 5.26 Å². The number of fused-ring (bicyclic) bond motifs is 4. The Bertz CT molecular complexity index is 1320. The number of nitro groups is 2. The van der Waals surface area contributed by atoms with Gasteiger partial charge in [0, 0.05) is 45.7 Å². The molecule has 11 nitrogen and oxygen atoms in total. The van der Waals surface area contributed by atoms with E-state index in [0.717, 1.165) is 74.5 Å². The number of non-ortho nitro benzene ring substituents is 1. The highest BCUT2D eigenvalue weighted by atomic mass is 16.6. The Hall–Kier alpha value is -3.75. The lowest BCUT2D eigenvalue weighted by molar-refractivity contribution is -0.385. The lowest BCUT2D eigenvalue weighted by Gasteiger charge is -2.36. The summed E-state index contributed by atoms with van der Waals surface area (Å²) in [5.74, 6) is 1.54. The zero-order valence-corrected chi connectivity index (χ0v) is 22.4. The standard InChI is InChI=1S/C15H17N3O3.C13H16N2O3/c1-17-6-3-15(4-7-17)10-21-14-8-11(2-5-16)13(18(19)20)9-12(14)15;1-14-6-4-13(5-7-14)9-18-12-3-2-10(15(16)17)8-11(12)13/h8-9H,2-4,6-7,10H2,1H3;2-3,8H,4-7,9H2,1H3. The lowest BCUT2D eigenvalue weighted by Crippen LogP contribution is -2.41. The first-order valence-corrected chi connectivity index (χ1v) is 13.3. The number of likely N-dealkylation sites (tertiary alicyclic amines) is 2. The second-order valence-electron chi connectivity index (χ2n) is 11.3. The largest absolute Gasteiger partial charge is 0.492 e. The fourth-order valence-corrected chi connectivity index (χ4v) is 6.22. The fourth-order valence-electron chi connectivity index (χ4n) is 6.22. The number of ether oxygens (including phenoxy) is 2. The van der Waals surface area contributed by atoms with Gasteiger partial charge < -0.3 is 19.3 Å². The van der Waals surface area contributed by atoms with E-state index in [1.165, 1.54) is 6.07 Å². The van der Waals surface area contributed by atoms with Crippen LogP contribution in [0.3, 0.4) is 0 Å². The summed E-state index contributed by atoms with van der Waals surface area (Å²) >= 11 is 0. The van der Waals surface area contributed by atoms with Crippen molar-refractivity contribution >= 4 is 11.4 Å². The van der Waals surface area contributed by atoms with Crippen LogP contribution in [0.5, 0.6) is 11.5 Å². The van der Waals surface area contributed by atoms with Crippen molar-refractivity contribution in [2.24, 2.45) is 0 Å². The molecule has 2 aromatic rings. The molecule has 2 saturated heterocycles. The highest BCUT2D eigenvalue weighted by Crippen LogP contribution is 2.48. The minimum atomic E-state index is -0.395. The minimum absolute atomic E-state index is 0.00609. The third-order valence-corrected chi connectivity index (χ3v) is 8.86. The molecule has 0 aromatic heterocycles. The van der Waals surface area contributed by atoms with Crippen LogP contribution in [0.25, 0.3) is 0 Å². The van der Waals surface area contributed by atoms with E-state index in [9.17, 15) is 20.2 Å². The molecule has 0 saturated carbocycles. The first-order chi connectivity index (χ1) is 18.7. The fraction of sp³-hybridized carbons (Fsp3) is 0.536. The predicted octanol–water partition coefficient (Wildman–Crippen LogP) is 3.97. The Labute approximate surface area is 227 Å². The average Bonchev–Trinajstić information content (AvgIpc) is 3.45. The molecule has 39 heavy (non-hydrogen) atoms. The molecule has 2 fully saturated rings. The summed E-state index contributed by atoms with van der Waals surface area (Å²) in [4.78, 5) is 26.0. The van der Waals surface area contributed by atoms with Gasteiger partial charge in [-0.05, 0) is 78.1 Å². The van der Waals surface area contributed by atoms with Gasteiger partial charge in [-0.2, -0.15) is 5.26 Å². The van der Waals surface area contributed by atoms with Gasteiger partial charge in [0.05, 0.1) is 35.6 Å². The van der Waals surface area contributed by atoms with E-state index in [1.807, 2.05) is 6.07 Å². The number of nitrogens with zero attached hydrogens (tertiary/aromatic N) is 5. The second kappa shape index (κ2) is 10.4. The highest BCUT2D eigenvalue weighted by molar-refractivity contribution is 5.56. The maximum Gasteiger partial charge on any atom is 0.274 e. The van der Waals surface area contributed by atoms with Crippen molar-refractivity contribution in [1.82, 2.24) is 9.80 Å². The molecule has 0 radical (unpaired) electrons. The summed E-state index contributed by atoms with van der Waals surface area (Å²) < 4.78 is 11.5. The Kier molecular flexibility index (Phi) is 7.18.